The van der Waals surface area contributed by atoms with Gasteiger partial charge in [-0.15, -0.1) is 0 Å². The van der Waals surface area contributed by atoms with Gasteiger partial charge in [0, 0.05) is 12.1 Å². The van der Waals surface area contributed by atoms with E-state index in [0.717, 1.165) is 22.4 Å². The van der Waals surface area contributed by atoms with Crippen molar-refractivity contribution in [2.24, 2.45) is 0 Å². The first-order valence-electron chi connectivity index (χ1n) is 8.48. The summed E-state index contributed by atoms with van der Waals surface area (Å²) in [6.45, 7) is 4.14. The first kappa shape index (κ1) is 20.7. The van der Waals surface area contributed by atoms with Crippen molar-refractivity contribution in [2.45, 2.75) is 31.3 Å². The van der Waals surface area contributed by atoms with Gasteiger partial charge in [0.1, 0.15) is 5.75 Å². The van der Waals surface area contributed by atoms with Gasteiger partial charge in [-0.05, 0) is 44.7 Å². The van der Waals surface area contributed by atoms with Crippen LogP contribution in [0.2, 0.25) is 0 Å². The van der Waals surface area contributed by atoms with Crippen LogP contribution in [0.25, 0.3) is 0 Å². The molecule has 0 spiro atoms. The highest BCUT2D eigenvalue weighted by Gasteiger charge is 2.14. The second kappa shape index (κ2) is 8.88. The minimum absolute atomic E-state index is 0.179. The molecule has 0 bridgehead atoms. The van der Waals surface area contributed by atoms with Gasteiger partial charge < -0.3 is 15.4 Å². The van der Waals surface area contributed by atoms with E-state index in [4.69, 9.17) is 4.74 Å². The third-order valence-corrected chi connectivity index (χ3v) is 5.58. The molecule has 2 aromatic carbocycles. The molecule has 8 heteroatoms. The van der Waals surface area contributed by atoms with E-state index in [-0.39, 0.29) is 23.5 Å². The van der Waals surface area contributed by atoms with E-state index in [1.807, 2.05) is 32.0 Å². The Kier molecular flexibility index (Phi) is 6.81. The highest BCUT2D eigenvalue weighted by Crippen LogP contribution is 2.25. The quantitative estimate of drug-likeness (QED) is 0.675. The van der Waals surface area contributed by atoms with Crippen molar-refractivity contribution in [3.05, 3.63) is 59.2 Å². The first-order chi connectivity index (χ1) is 12.8. The van der Waals surface area contributed by atoms with Gasteiger partial charge >= 0.3 is 6.03 Å². The average Bonchev–Trinajstić information content (AvgIpc) is 2.66. The predicted octanol–water partition coefficient (Wildman–Crippen LogP) is 2.47. The highest BCUT2D eigenvalue weighted by molar-refractivity contribution is 7.89. The van der Waals surface area contributed by atoms with Crippen molar-refractivity contribution in [3.8, 4) is 5.75 Å². The van der Waals surface area contributed by atoms with Crippen LogP contribution in [0.3, 0.4) is 0 Å². The number of carbonyl (C=O) groups excluding carboxylic acids is 1. The zero-order chi connectivity index (χ0) is 20.0. The molecule has 0 saturated carbocycles. The maximum atomic E-state index is 12.2. The lowest BCUT2D eigenvalue weighted by molar-refractivity contribution is 0.237. The van der Waals surface area contributed by atoms with E-state index < -0.39 is 10.0 Å². The molecule has 7 nitrogen and oxygen atoms in total. The molecule has 0 aliphatic heterocycles. The molecule has 1 atom stereocenters. The number of sulfonamides is 1. The Hall–Kier alpha value is -2.58. The van der Waals surface area contributed by atoms with E-state index in [9.17, 15) is 13.2 Å². The van der Waals surface area contributed by atoms with Crippen molar-refractivity contribution >= 4 is 16.1 Å². The fraction of sp³-hybridized carbons (Fsp3) is 0.316. The molecule has 2 amide bonds. The molecular weight excluding hydrogens is 366 g/mol. The lowest BCUT2D eigenvalue weighted by Crippen LogP contribution is -2.36. The van der Waals surface area contributed by atoms with E-state index >= 15 is 0 Å². The lowest BCUT2D eigenvalue weighted by atomic mass is 10.0. The Labute approximate surface area is 160 Å². The first-order valence-corrected chi connectivity index (χ1v) is 9.96. The predicted molar refractivity (Wildman–Crippen MR) is 104 cm³/mol. The fourth-order valence-electron chi connectivity index (χ4n) is 2.60. The van der Waals surface area contributed by atoms with Crippen LogP contribution in [0, 0.1) is 6.92 Å². The minimum Gasteiger partial charge on any atom is -0.496 e. The summed E-state index contributed by atoms with van der Waals surface area (Å²) in [6, 6.07) is 11.6. The zero-order valence-corrected chi connectivity index (χ0v) is 16.7. The molecule has 146 valence electrons. The molecule has 0 fully saturated rings. The Bertz CT molecular complexity index is 896. The number of urea groups is 1. The second-order valence-electron chi connectivity index (χ2n) is 6.15. The summed E-state index contributed by atoms with van der Waals surface area (Å²) >= 11 is 0. The van der Waals surface area contributed by atoms with Crippen LogP contribution in [-0.2, 0) is 16.6 Å². The number of benzene rings is 2. The summed E-state index contributed by atoms with van der Waals surface area (Å²) in [5.41, 5.74) is 2.77. The smallest absolute Gasteiger partial charge is 0.315 e. The van der Waals surface area contributed by atoms with Crippen LogP contribution < -0.4 is 20.1 Å². The van der Waals surface area contributed by atoms with Gasteiger partial charge in [0.25, 0.3) is 0 Å². The van der Waals surface area contributed by atoms with Crippen molar-refractivity contribution in [2.75, 3.05) is 14.2 Å². The van der Waals surface area contributed by atoms with E-state index in [1.165, 1.54) is 19.2 Å². The van der Waals surface area contributed by atoms with Gasteiger partial charge in [0.05, 0.1) is 18.0 Å². The summed E-state index contributed by atoms with van der Waals surface area (Å²) in [6.07, 6.45) is 0. The number of aryl methyl sites for hydroxylation is 1. The molecular formula is C19H25N3O4S. The van der Waals surface area contributed by atoms with Gasteiger partial charge in [-0.3, -0.25) is 0 Å². The van der Waals surface area contributed by atoms with E-state index in [2.05, 4.69) is 15.4 Å². The number of methoxy groups -OCH3 is 1. The molecule has 1 unspecified atom stereocenters. The van der Waals surface area contributed by atoms with Gasteiger partial charge in [0.2, 0.25) is 10.0 Å². The molecule has 2 rings (SSSR count). The maximum Gasteiger partial charge on any atom is 0.315 e. The maximum absolute atomic E-state index is 12.2. The summed E-state index contributed by atoms with van der Waals surface area (Å²) in [5, 5.41) is 5.65. The Morgan fingerprint density at radius 3 is 2.41 bits per heavy atom. The number of hydrogen-bond donors (Lipinski definition) is 3. The minimum atomic E-state index is -3.46. The normalized spacial score (nSPS) is 12.3. The van der Waals surface area contributed by atoms with Gasteiger partial charge in [-0.1, -0.05) is 29.8 Å². The van der Waals surface area contributed by atoms with Crippen LogP contribution in [0.15, 0.2) is 47.4 Å². The van der Waals surface area contributed by atoms with Gasteiger partial charge in [-0.25, -0.2) is 17.9 Å². The highest BCUT2D eigenvalue weighted by atomic mass is 32.2. The Balaban J connectivity index is 1.95. The second-order valence-corrected chi connectivity index (χ2v) is 8.03. The molecule has 27 heavy (non-hydrogen) atoms. The monoisotopic (exact) mass is 391 g/mol. The molecule has 0 radical (unpaired) electrons. The number of hydrogen-bond acceptors (Lipinski definition) is 4. The Morgan fingerprint density at radius 2 is 1.81 bits per heavy atom. The third-order valence-electron chi connectivity index (χ3n) is 4.15. The van der Waals surface area contributed by atoms with Gasteiger partial charge in [-0.2, -0.15) is 0 Å². The lowest BCUT2D eigenvalue weighted by Gasteiger charge is -2.18. The van der Waals surface area contributed by atoms with Gasteiger partial charge in [0.15, 0.2) is 0 Å². The standard InChI is InChI=1S/C19H25N3O4S/c1-13-5-10-18(26-4)17(11-13)14(2)22-19(23)21-12-15-6-8-16(9-7-15)27(24,25)20-3/h5-11,14,20H,12H2,1-4H3,(H2,21,22,23). The fourth-order valence-corrected chi connectivity index (χ4v) is 3.33. The van der Waals surface area contributed by atoms with Crippen LogP contribution in [0.4, 0.5) is 4.79 Å². The number of carbonyl (C=O) groups is 1. The van der Waals surface area contributed by atoms with Crippen molar-refractivity contribution < 1.29 is 17.9 Å². The summed E-state index contributed by atoms with van der Waals surface area (Å²) in [4.78, 5) is 12.4. The van der Waals surface area contributed by atoms with Crippen LogP contribution in [-0.4, -0.2) is 28.6 Å². The number of amides is 2. The van der Waals surface area contributed by atoms with Crippen molar-refractivity contribution in [1.29, 1.82) is 0 Å². The van der Waals surface area contributed by atoms with Crippen LogP contribution >= 0.6 is 0 Å². The van der Waals surface area contributed by atoms with Crippen molar-refractivity contribution in [3.63, 3.8) is 0 Å². The largest absolute Gasteiger partial charge is 0.496 e. The zero-order valence-electron chi connectivity index (χ0n) is 15.9. The average molecular weight is 391 g/mol. The topological polar surface area (TPSA) is 96.5 Å². The van der Waals surface area contributed by atoms with Crippen LogP contribution in [0.5, 0.6) is 5.75 Å². The third kappa shape index (κ3) is 5.45. The molecule has 0 aliphatic rings. The summed E-state index contributed by atoms with van der Waals surface area (Å²) < 4.78 is 31.0. The molecule has 0 heterocycles. The molecule has 2 aromatic rings. The SMILES string of the molecule is CNS(=O)(=O)c1ccc(CNC(=O)NC(C)c2cc(C)ccc2OC)cc1. The van der Waals surface area contributed by atoms with Crippen molar-refractivity contribution in [1.82, 2.24) is 15.4 Å². The Morgan fingerprint density at radius 1 is 1.15 bits per heavy atom. The van der Waals surface area contributed by atoms with E-state index in [0.29, 0.717) is 0 Å². The number of ether oxygens (including phenoxy) is 1. The van der Waals surface area contributed by atoms with Crippen LogP contribution in [0.1, 0.15) is 29.7 Å². The number of nitrogens with one attached hydrogen (secondary N) is 3. The molecule has 3 N–H and O–H groups in total. The van der Waals surface area contributed by atoms with E-state index in [1.54, 1.807) is 19.2 Å². The number of rotatable bonds is 7. The molecule has 0 aliphatic carbocycles. The summed E-state index contributed by atoms with van der Waals surface area (Å²) in [7, 11) is -0.508. The molecule has 0 aromatic heterocycles. The molecule has 0 saturated heterocycles. The summed E-state index contributed by atoms with van der Waals surface area (Å²) in [5.74, 6) is 0.717.